The van der Waals surface area contributed by atoms with E-state index in [4.69, 9.17) is 4.74 Å². The normalized spacial score (nSPS) is 32.0. The summed E-state index contributed by atoms with van der Waals surface area (Å²) in [5.74, 6) is 1.51. The number of hydrogen-bond acceptors (Lipinski definition) is 7. The minimum absolute atomic E-state index is 0.235. The molecule has 8 nitrogen and oxygen atoms in total. The summed E-state index contributed by atoms with van der Waals surface area (Å²) in [7, 11) is 0. The molecule has 4 rings (SSSR count). The highest BCUT2D eigenvalue weighted by molar-refractivity contribution is 7.99. The number of hydrogen-bond donors (Lipinski definition) is 3. The van der Waals surface area contributed by atoms with E-state index in [-0.39, 0.29) is 11.3 Å². The van der Waals surface area contributed by atoms with Gasteiger partial charge in [0.1, 0.15) is 6.33 Å². The van der Waals surface area contributed by atoms with Crippen molar-refractivity contribution in [1.29, 1.82) is 0 Å². The number of fused-ring (bicyclic) bond motifs is 1. The van der Waals surface area contributed by atoms with Crippen molar-refractivity contribution in [2.45, 2.75) is 36.9 Å². The Hall–Kier alpha value is -1.16. The minimum Gasteiger partial charge on any atom is -0.379 e. The fraction of sp³-hybridized carbons (Fsp3) is 0.833. The molecule has 1 aromatic rings. The molecule has 0 bridgehead atoms. The number of nitrogens with one attached hydrogen (secondary N) is 3. The molecule has 1 aromatic heterocycles. The van der Waals surface area contributed by atoms with Crippen LogP contribution in [0.2, 0.25) is 0 Å². The van der Waals surface area contributed by atoms with Crippen molar-refractivity contribution in [2.24, 2.45) is 11.3 Å². The predicted molar refractivity (Wildman–Crippen MR) is 104 cm³/mol. The molecule has 150 valence electrons. The Morgan fingerprint density at radius 2 is 2.30 bits per heavy atom. The second-order valence-corrected chi connectivity index (χ2v) is 8.87. The molecule has 0 radical (unpaired) electrons. The lowest BCUT2D eigenvalue weighted by Gasteiger charge is -2.50. The first-order valence-electron chi connectivity index (χ1n) is 10.1. The van der Waals surface area contributed by atoms with Crippen molar-refractivity contribution < 1.29 is 9.53 Å². The fourth-order valence-corrected chi connectivity index (χ4v) is 5.56. The van der Waals surface area contributed by atoms with Crippen LogP contribution in [0.3, 0.4) is 0 Å². The van der Waals surface area contributed by atoms with Crippen molar-refractivity contribution in [2.75, 3.05) is 51.7 Å². The van der Waals surface area contributed by atoms with Crippen LogP contribution in [0.4, 0.5) is 0 Å². The number of ether oxygens (including phenoxy) is 1. The average molecular weight is 395 g/mol. The van der Waals surface area contributed by atoms with Gasteiger partial charge < -0.3 is 15.4 Å². The van der Waals surface area contributed by atoms with Gasteiger partial charge >= 0.3 is 0 Å². The number of rotatable bonds is 6. The third-order valence-corrected chi connectivity index (χ3v) is 7.28. The van der Waals surface area contributed by atoms with E-state index in [9.17, 15) is 4.79 Å². The monoisotopic (exact) mass is 394 g/mol. The van der Waals surface area contributed by atoms with Gasteiger partial charge in [-0.25, -0.2) is 4.98 Å². The molecule has 2 saturated heterocycles. The molecule has 1 saturated carbocycles. The molecular formula is C18H30N6O2S. The lowest BCUT2D eigenvalue weighted by molar-refractivity contribution is -0.140. The number of amides is 1. The van der Waals surface area contributed by atoms with Crippen molar-refractivity contribution in [3.63, 3.8) is 0 Å². The zero-order valence-electron chi connectivity index (χ0n) is 15.8. The van der Waals surface area contributed by atoms with Crippen molar-refractivity contribution in [3.8, 4) is 0 Å². The first kappa shape index (κ1) is 19.2. The number of morpholine rings is 1. The van der Waals surface area contributed by atoms with E-state index in [0.717, 1.165) is 76.0 Å². The van der Waals surface area contributed by atoms with Gasteiger partial charge in [0.2, 0.25) is 5.91 Å². The van der Waals surface area contributed by atoms with Gasteiger partial charge in [0, 0.05) is 38.0 Å². The Kier molecular flexibility index (Phi) is 6.31. The molecule has 3 fully saturated rings. The Bertz CT molecular complexity index is 609. The van der Waals surface area contributed by atoms with E-state index < -0.39 is 0 Å². The molecule has 3 atom stereocenters. The summed E-state index contributed by atoms with van der Waals surface area (Å²) in [5.41, 5.74) is -0.238. The van der Waals surface area contributed by atoms with Gasteiger partial charge in [0.25, 0.3) is 0 Å². The average Bonchev–Trinajstić information content (AvgIpc) is 3.25. The van der Waals surface area contributed by atoms with Gasteiger partial charge in [0.05, 0.1) is 18.6 Å². The number of thioether (sulfide) groups is 1. The highest BCUT2D eigenvalue weighted by Crippen LogP contribution is 2.46. The van der Waals surface area contributed by atoms with E-state index in [0.29, 0.717) is 18.5 Å². The van der Waals surface area contributed by atoms with Gasteiger partial charge in [-0.3, -0.25) is 14.8 Å². The Balaban J connectivity index is 1.32. The van der Waals surface area contributed by atoms with E-state index in [1.54, 1.807) is 11.8 Å². The quantitative estimate of drug-likeness (QED) is 0.477. The molecule has 0 unspecified atom stereocenters. The van der Waals surface area contributed by atoms with Crippen LogP contribution in [0.25, 0.3) is 0 Å². The number of aromatic nitrogens is 3. The van der Waals surface area contributed by atoms with Crippen LogP contribution < -0.4 is 10.6 Å². The number of carbonyl (C=O) groups is 1. The smallest absolute Gasteiger partial charge is 0.227 e. The van der Waals surface area contributed by atoms with Gasteiger partial charge in [-0.05, 0) is 38.1 Å². The second kappa shape index (κ2) is 8.89. The maximum absolute atomic E-state index is 13.2. The van der Waals surface area contributed by atoms with Crippen LogP contribution in [0, 0.1) is 11.3 Å². The summed E-state index contributed by atoms with van der Waals surface area (Å²) in [6.45, 7) is 6.26. The van der Waals surface area contributed by atoms with Gasteiger partial charge in [-0.15, -0.1) is 0 Å². The van der Waals surface area contributed by atoms with Crippen LogP contribution >= 0.6 is 11.8 Å². The predicted octanol–water partition coefficient (Wildman–Crippen LogP) is 0.494. The highest BCUT2D eigenvalue weighted by atomic mass is 32.2. The molecule has 1 aliphatic carbocycles. The SMILES string of the molecule is O=C(NCCSc1ncn[nH]1)[C@@]12CC[C@H](N3CCOCC3)C[C@H]1CCNC2. The summed E-state index contributed by atoms with van der Waals surface area (Å²) in [4.78, 5) is 19.9. The van der Waals surface area contributed by atoms with E-state index in [1.807, 2.05) is 0 Å². The molecule has 3 aliphatic rings. The maximum atomic E-state index is 13.2. The van der Waals surface area contributed by atoms with Gasteiger partial charge in [-0.1, -0.05) is 11.8 Å². The van der Waals surface area contributed by atoms with Crippen molar-refractivity contribution in [1.82, 2.24) is 30.7 Å². The summed E-state index contributed by atoms with van der Waals surface area (Å²) in [5, 5.41) is 14.2. The minimum atomic E-state index is -0.238. The molecule has 0 spiro atoms. The second-order valence-electron chi connectivity index (χ2n) is 7.79. The van der Waals surface area contributed by atoms with Crippen LogP contribution in [-0.2, 0) is 9.53 Å². The standard InChI is InChI=1S/C18H30N6O2S/c25-16(20-5-10-27-17-21-13-22-23-17)18-3-1-15(24-6-8-26-9-7-24)11-14(18)2-4-19-12-18/h13-15,19H,1-12H2,(H,20,25)(H,21,22,23)/t14-,15+,18-/m1/s1. The summed E-state index contributed by atoms with van der Waals surface area (Å²) < 4.78 is 5.51. The molecule has 1 amide bonds. The van der Waals surface area contributed by atoms with E-state index >= 15 is 0 Å². The zero-order valence-corrected chi connectivity index (χ0v) is 16.6. The third-order valence-electron chi connectivity index (χ3n) is 6.41. The number of carbonyl (C=O) groups excluding carboxylic acids is 1. The first-order chi connectivity index (χ1) is 13.3. The van der Waals surface area contributed by atoms with Gasteiger partial charge in [0.15, 0.2) is 5.16 Å². The number of piperidine rings is 1. The number of H-pyrrole nitrogens is 1. The Morgan fingerprint density at radius 3 is 3.11 bits per heavy atom. The molecular weight excluding hydrogens is 364 g/mol. The molecule has 0 aromatic carbocycles. The molecule has 3 N–H and O–H groups in total. The topological polar surface area (TPSA) is 95.2 Å². The Labute approximate surface area is 164 Å². The molecule has 9 heteroatoms. The molecule has 27 heavy (non-hydrogen) atoms. The first-order valence-corrected chi connectivity index (χ1v) is 11.1. The zero-order chi connectivity index (χ0) is 18.5. The van der Waals surface area contributed by atoms with Crippen LogP contribution in [0.15, 0.2) is 11.5 Å². The summed E-state index contributed by atoms with van der Waals surface area (Å²) >= 11 is 1.58. The highest BCUT2D eigenvalue weighted by Gasteiger charge is 2.50. The number of nitrogens with zero attached hydrogens (tertiary/aromatic N) is 3. The third kappa shape index (κ3) is 4.31. The maximum Gasteiger partial charge on any atom is 0.227 e. The largest absolute Gasteiger partial charge is 0.379 e. The molecule has 3 heterocycles. The molecule has 2 aliphatic heterocycles. The number of aromatic amines is 1. The Morgan fingerprint density at radius 1 is 1.41 bits per heavy atom. The summed E-state index contributed by atoms with van der Waals surface area (Å²) in [6, 6.07) is 0.611. The van der Waals surface area contributed by atoms with E-state index in [2.05, 4.69) is 30.7 Å². The van der Waals surface area contributed by atoms with Gasteiger partial charge in [-0.2, -0.15) is 5.10 Å². The summed E-state index contributed by atoms with van der Waals surface area (Å²) in [6.07, 6.45) is 5.83. The van der Waals surface area contributed by atoms with Crippen molar-refractivity contribution >= 4 is 17.7 Å². The fourth-order valence-electron chi connectivity index (χ4n) is 4.92. The lowest BCUT2D eigenvalue weighted by atomic mass is 9.61. The van der Waals surface area contributed by atoms with Crippen LogP contribution in [0.1, 0.15) is 25.7 Å². The lowest BCUT2D eigenvalue weighted by Crippen LogP contribution is -2.60. The van der Waals surface area contributed by atoms with Crippen LogP contribution in [-0.4, -0.2) is 83.7 Å². The van der Waals surface area contributed by atoms with Crippen molar-refractivity contribution in [3.05, 3.63) is 6.33 Å². The van der Waals surface area contributed by atoms with Crippen LogP contribution in [0.5, 0.6) is 0 Å². The van der Waals surface area contributed by atoms with E-state index in [1.165, 1.54) is 6.33 Å².